The minimum absolute atomic E-state index is 0.00423. The van der Waals surface area contributed by atoms with Gasteiger partial charge in [0.2, 0.25) is 11.8 Å². The van der Waals surface area contributed by atoms with Crippen molar-refractivity contribution in [2.75, 3.05) is 20.3 Å². The predicted molar refractivity (Wildman–Crippen MR) is 245 cm³/mol. The Labute approximate surface area is 395 Å². The summed E-state index contributed by atoms with van der Waals surface area (Å²) in [5.41, 5.74) is 1.53. The summed E-state index contributed by atoms with van der Waals surface area (Å²) < 4.78 is 21.6. The average molecular weight is 947 g/mol. The van der Waals surface area contributed by atoms with E-state index in [2.05, 4.69) is 0 Å². The number of nitro benzene ring substituents is 2. The fourth-order valence-corrected chi connectivity index (χ4v) is 9.76. The number of rotatable bonds is 14. The molecule has 4 aromatic carbocycles. The Hall–Kier alpha value is -7.64. The Bertz CT molecular complexity index is 2830. The average Bonchev–Trinajstić information content (AvgIpc) is 3.71. The molecule has 69 heavy (non-hydrogen) atoms. The van der Waals surface area contributed by atoms with Crippen LogP contribution in [-0.4, -0.2) is 92.9 Å². The van der Waals surface area contributed by atoms with E-state index in [-0.39, 0.29) is 113 Å². The molecule has 360 valence electrons. The Morgan fingerprint density at radius 2 is 1.04 bits per heavy atom. The van der Waals surface area contributed by atoms with Gasteiger partial charge in [0.1, 0.15) is 23.8 Å². The van der Waals surface area contributed by atoms with E-state index in [4.69, 9.17) is 18.9 Å². The molecule has 8 rings (SSSR count). The number of amides is 2. The minimum Gasteiger partial charge on any atom is -0.488 e. The maximum Gasteiger partial charge on any atom is 0.363 e. The second-order valence-electron chi connectivity index (χ2n) is 17.9. The number of nitrogens with zero attached hydrogens (tertiary/aromatic N) is 4. The molecule has 2 amide bonds. The second-order valence-corrected chi connectivity index (χ2v) is 17.9. The molecule has 0 radical (unpaired) electrons. The summed E-state index contributed by atoms with van der Waals surface area (Å²) in [5, 5.41) is 33.0. The highest BCUT2D eigenvalue weighted by molar-refractivity contribution is 6.08. The smallest absolute Gasteiger partial charge is 0.363 e. The zero-order valence-corrected chi connectivity index (χ0v) is 38.8. The van der Waals surface area contributed by atoms with Gasteiger partial charge in [0.15, 0.2) is 0 Å². The van der Waals surface area contributed by atoms with Crippen molar-refractivity contribution >= 4 is 57.8 Å². The summed E-state index contributed by atoms with van der Waals surface area (Å²) in [7, 11) is 1.49. The van der Waals surface area contributed by atoms with E-state index in [1.807, 2.05) is 71.9 Å². The van der Waals surface area contributed by atoms with Crippen LogP contribution in [0.2, 0.25) is 0 Å². The van der Waals surface area contributed by atoms with Crippen molar-refractivity contribution < 1.29 is 62.7 Å². The summed E-state index contributed by atoms with van der Waals surface area (Å²) in [6.07, 6.45) is 0. The first-order valence-corrected chi connectivity index (χ1v) is 22.2. The molecular formula is C50H50N4O15. The Kier molecular flexibility index (Phi) is 14.2. The number of β-lactam (4-membered cyclic amide) rings is 2. The number of carbonyl (C=O) groups is 6. The van der Waals surface area contributed by atoms with E-state index in [1.165, 1.54) is 41.2 Å². The van der Waals surface area contributed by atoms with E-state index in [1.54, 1.807) is 6.07 Å². The number of benzene rings is 4. The molecule has 0 saturated carbocycles. The van der Waals surface area contributed by atoms with Crippen LogP contribution in [0, 0.1) is 55.7 Å². The monoisotopic (exact) mass is 946 g/mol. The molecule has 0 bridgehead atoms. The van der Waals surface area contributed by atoms with Gasteiger partial charge in [0.05, 0.1) is 58.1 Å². The first-order chi connectivity index (χ1) is 32.8. The van der Waals surface area contributed by atoms with Gasteiger partial charge in [-0.3, -0.25) is 29.8 Å². The number of esters is 4. The lowest BCUT2D eigenvalue weighted by Crippen LogP contribution is -2.62. The maximum absolute atomic E-state index is 13.4. The van der Waals surface area contributed by atoms with Gasteiger partial charge in [-0.05, 0) is 58.7 Å². The molecule has 4 aromatic rings. The van der Waals surface area contributed by atoms with Crippen LogP contribution in [0.25, 0.3) is 10.8 Å². The fourth-order valence-electron chi connectivity index (χ4n) is 9.76. The standard InChI is InChI=1S/C30H28N2O8.C20H22N2O7/c1-16(2)25-26-17(3)23(15-39-24-9-5-7-21-19(14-33)6-4-8-22(21)24)27(31(26)28(25)34)30(36)40-29(35)18-10-12-20(13-11-18)32(37)38;1-10(2)15-16-11(3)14(9-28-4)17(21(16)18(15)23)20(25)29-19(24)12-5-7-13(8-6-12)22(26)27/h4-13,16-17,25-26,33H,14-15H2,1-3H3;5-8,10-11,15-16H,9H2,1-4H3/t17-,25+,26+;11-,15+,16+/m00/s1. The molecule has 6 atom stereocenters. The number of non-ortho nitro benzene ring substituents is 2. The van der Waals surface area contributed by atoms with Crippen molar-refractivity contribution in [2.24, 2.45) is 35.5 Å². The van der Waals surface area contributed by atoms with E-state index in [0.29, 0.717) is 16.9 Å². The van der Waals surface area contributed by atoms with Crippen molar-refractivity contribution in [3.63, 3.8) is 0 Å². The molecule has 0 aromatic heterocycles. The number of hydrogen-bond acceptors (Lipinski definition) is 15. The number of aliphatic hydroxyl groups excluding tert-OH is 1. The molecule has 0 spiro atoms. The molecule has 2 saturated heterocycles. The van der Waals surface area contributed by atoms with Crippen molar-refractivity contribution in [1.29, 1.82) is 0 Å². The largest absolute Gasteiger partial charge is 0.488 e. The molecule has 0 unspecified atom stereocenters. The quantitative estimate of drug-likeness (QED) is 0.0454. The first-order valence-electron chi connectivity index (χ1n) is 22.2. The lowest BCUT2D eigenvalue weighted by atomic mass is 9.74. The van der Waals surface area contributed by atoms with E-state index in [9.17, 15) is 54.1 Å². The van der Waals surface area contributed by atoms with Crippen molar-refractivity contribution in [2.45, 2.75) is 60.2 Å². The van der Waals surface area contributed by atoms with Crippen LogP contribution in [0.1, 0.15) is 67.8 Å². The van der Waals surface area contributed by atoms with Crippen LogP contribution in [0.4, 0.5) is 11.4 Å². The molecule has 4 heterocycles. The van der Waals surface area contributed by atoms with E-state index >= 15 is 0 Å². The zero-order chi connectivity index (χ0) is 50.2. The summed E-state index contributed by atoms with van der Waals surface area (Å²) >= 11 is 0. The number of hydrogen-bond donors (Lipinski definition) is 1. The van der Waals surface area contributed by atoms with Gasteiger partial charge in [-0.1, -0.05) is 71.9 Å². The second kappa shape index (κ2) is 19.9. The third-order valence-corrected chi connectivity index (χ3v) is 13.2. The SMILES string of the molecule is CC(C)[C@H]1C(=O)N2C(C(=O)OC(=O)c3ccc([N+](=O)[O-])cc3)=C(COc3cccc4c(CO)cccc34)[C@H](C)[C@H]12.COCC1=C(C(=O)OC(=O)c2ccc([N+](=O)[O-])cc2)N2C(=O)[C@H](C(C)C)[C@H]2[C@H]1C. The van der Waals surface area contributed by atoms with Crippen LogP contribution in [0.15, 0.2) is 107 Å². The summed E-state index contributed by atoms with van der Waals surface area (Å²) in [6.45, 7) is 11.6. The van der Waals surface area contributed by atoms with Crippen molar-refractivity contribution in [3.8, 4) is 5.75 Å². The first kappa shape index (κ1) is 49.3. The number of fused-ring (bicyclic) bond motifs is 3. The van der Waals surface area contributed by atoms with Crippen LogP contribution in [-0.2, 0) is 40.0 Å². The summed E-state index contributed by atoms with van der Waals surface area (Å²) in [5.74, 6) is -4.33. The highest BCUT2D eigenvalue weighted by atomic mass is 16.6. The number of aliphatic hydroxyl groups is 1. The van der Waals surface area contributed by atoms with Gasteiger partial charge in [-0.25, -0.2) is 19.2 Å². The number of nitro groups is 2. The lowest BCUT2D eigenvalue weighted by molar-refractivity contribution is -0.385. The molecule has 4 aliphatic rings. The summed E-state index contributed by atoms with van der Waals surface area (Å²) in [4.78, 5) is 100. The minimum atomic E-state index is -0.984. The third-order valence-electron chi connectivity index (χ3n) is 13.2. The molecule has 19 heteroatoms. The maximum atomic E-state index is 13.4. The fraction of sp³-hybridized carbons (Fsp3) is 0.360. The third kappa shape index (κ3) is 9.09. The van der Waals surface area contributed by atoms with Crippen LogP contribution in [0.3, 0.4) is 0 Å². The zero-order valence-electron chi connectivity index (χ0n) is 38.8. The highest BCUT2D eigenvalue weighted by Gasteiger charge is 2.60. The summed E-state index contributed by atoms with van der Waals surface area (Å²) in [6, 6.07) is 20.0. The highest BCUT2D eigenvalue weighted by Crippen LogP contribution is 2.50. The normalized spacial score (nSPS) is 21.3. The molecule has 19 nitrogen and oxygen atoms in total. The van der Waals surface area contributed by atoms with Gasteiger partial charge in [0.25, 0.3) is 11.4 Å². The van der Waals surface area contributed by atoms with Crippen molar-refractivity contribution in [3.05, 3.63) is 144 Å². The van der Waals surface area contributed by atoms with E-state index in [0.717, 1.165) is 40.6 Å². The topological polar surface area (TPSA) is 252 Å². The number of ether oxygens (including phenoxy) is 4. The molecule has 1 N–H and O–H groups in total. The number of methoxy groups -OCH3 is 1. The van der Waals surface area contributed by atoms with Crippen molar-refractivity contribution in [1.82, 2.24) is 9.80 Å². The molecule has 2 fully saturated rings. The van der Waals surface area contributed by atoms with Crippen LogP contribution in [0.5, 0.6) is 5.75 Å². The van der Waals surface area contributed by atoms with Gasteiger partial charge >= 0.3 is 23.9 Å². The van der Waals surface area contributed by atoms with E-state index < -0.39 is 33.7 Å². The lowest BCUT2D eigenvalue weighted by Gasteiger charge is -2.47. The van der Waals surface area contributed by atoms with Gasteiger partial charge < -0.3 is 33.9 Å². The van der Waals surface area contributed by atoms with Gasteiger partial charge in [0, 0.05) is 54.2 Å². The number of carbonyl (C=O) groups excluding carboxylic acids is 6. The van der Waals surface area contributed by atoms with Gasteiger partial charge in [-0.15, -0.1) is 0 Å². The Balaban J connectivity index is 0.000000215. The Morgan fingerprint density at radius 3 is 1.45 bits per heavy atom. The molecule has 0 aliphatic carbocycles. The van der Waals surface area contributed by atoms with Crippen LogP contribution < -0.4 is 4.74 Å². The predicted octanol–water partition coefficient (Wildman–Crippen LogP) is 6.70. The van der Waals surface area contributed by atoms with Gasteiger partial charge in [-0.2, -0.15) is 0 Å². The molecular weight excluding hydrogens is 897 g/mol. The van der Waals surface area contributed by atoms with Crippen LogP contribution >= 0.6 is 0 Å². The Morgan fingerprint density at radius 1 is 0.623 bits per heavy atom. The molecule has 4 aliphatic heterocycles.